The van der Waals surface area contributed by atoms with Crippen molar-refractivity contribution >= 4 is 30.3 Å². The van der Waals surface area contributed by atoms with E-state index in [4.69, 9.17) is 16.0 Å². The third-order valence-corrected chi connectivity index (χ3v) is 12.2. The summed E-state index contributed by atoms with van der Waals surface area (Å²) in [5.74, 6) is 0.509. The van der Waals surface area contributed by atoms with Gasteiger partial charge in [0.15, 0.2) is 0 Å². The van der Waals surface area contributed by atoms with E-state index in [0.29, 0.717) is 12.5 Å². The Labute approximate surface area is 199 Å². The second-order valence-corrected chi connectivity index (χ2v) is 14.7. The quantitative estimate of drug-likeness (QED) is 0.455. The molecule has 0 unspecified atom stereocenters. The van der Waals surface area contributed by atoms with E-state index in [1.54, 1.807) is 0 Å². The zero-order valence-corrected chi connectivity index (χ0v) is 21.3. The van der Waals surface area contributed by atoms with E-state index in [-0.39, 0.29) is 17.1 Å². The van der Waals surface area contributed by atoms with E-state index in [2.05, 4.69) is 106 Å². The van der Waals surface area contributed by atoms with Gasteiger partial charge in [-0.15, -0.1) is 0 Å². The molecule has 168 valence electrons. The molecule has 3 aromatic rings. The number of rotatable bonds is 6. The van der Waals surface area contributed by atoms with Crippen molar-refractivity contribution in [2.24, 2.45) is 5.92 Å². The Hall–Kier alpha value is -1.91. The summed E-state index contributed by atoms with van der Waals surface area (Å²) in [6.07, 6.45) is 1.07. The van der Waals surface area contributed by atoms with Gasteiger partial charge in [0.2, 0.25) is 0 Å². The van der Waals surface area contributed by atoms with Gasteiger partial charge in [0.1, 0.15) is 0 Å². The van der Waals surface area contributed by atoms with Crippen LogP contribution in [0.2, 0.25) is 10.1 Å². The molecule has 4 heteroatoms. The predicted octanol–water partition coefficient (Wildman–Crippen LogP) is 5.96. The highest BCUT2D eigenvalue weighted by Crippen LogP contribution is 2.39. The molecule has 0 spiro atoms. The summed E-state index contributed by atoms with van der Waals surface area (Å²) in [5, 5.41) is 7.31. The third-order valence-electron chi connectivity index (χ3n) is 6.89. The first-order valence-corrected chi connectivity index (χ1v) is 13.9. The summed E-state index contributed by atoms with van der Waals surface area (Å²) in [5.41, 5.74) is 1.19. The highest BCUT2D eigenvalue weighted by molar-refractivity contribution is 6.99. The van der Waals surface area contributed by atoms with Crippen LogP contribution in [0.1, 0.15) is 45.7 Å². The van der Waals surface area contributed by atoms with Crippen LogP contribution in [-0.4, -0.2) is 21.0 Å². The second-order valence-electron chi connectivity index (χ2n) is 10.0. The maximum absolute atomic E-state index is 7.18. The summed E-state index contributed by atoms with van der Waals surface area (Å²) in [7, 11) is -2.52. The first kappa shape index (κ1) is 23.3. The summed E-state index contributed by atoms with van der Waals surface area (Å²) in [6, 6.07) is 30.5. The molecule has 1 aliphatic rings. The molecule has 0 radical (unpaired) electrons. The minimum absolute atomic E-state index is 0.0142. The van der Waals surface area contributed by atoms with E-state index in [0.717, 1.165) is 11.4 Å². The van der Waals surface area contributed by atoms with E-state index in [1.165, 1.54) is 15.9 Å². The van der Waals surface area contributed by atoms with E-state index < -0.39 is 8.32 Å². The van der Waals surface area contributed by atoms with Gasteiger partial charge in [0, 0.05) is 17.1 Å². The lowest BCUT2D eigenvalue weighted by Gasteiger charge is -2.43. The van der Waals surface area contributed by atoms with Gasteiger partial charge in [-0.1, -0.05) is 118 Å². The molecule has 4 rings (SSSR count). The molecule has 0 amide bonds. The maximum atomic E-state index is 7.18. The summed E-state index contributed by atoms with van der Waals surface area (Å²) < 4.78 is 7.18. The first-order valence-electron chi connectivity index (χ1n) is 11.6. The van der Waals surface area contributed by atoms with Crippen LogP contribution >= 0.6 is 11.6 Å². The van der Waals surface area contributed by atoms with Gasteiger partial charge in [0.05, 0.1) is 6.61 Å². The molecule has 0 bridgehead atoms. The first-order chi connectivity index (χ1) is 15.3. The average molecular weight is 464 g/mol. The molecule has 32 heavy (non-hydrogen) atoms. The fraction of sp³-hybridized carbons (Fsp3) is 0.357. The molecule has 0 aliphatic carbocycles. The summed E-state index contributed by atoms with van der Waals surface area (Å²) in [4.78, 5) is 0. The third kappa shape index (κ3) is 4.45. The lowest BCUT2D eigenvalue weighted by molar-refractivity contribution is 0.238. The van der Waals surface area contributed by atoms with Gasteiger partial charge < -0.3 is 9.74 Å². The number of halogens is 1. The predicted molar refractivity (Wildman–Crippen MR) is 138 cm³/mol. The van der Waals surface area contributed by atoms with Crippen LogP contribution in [0.15, 0.2) is 84.9 Å². The van der Waals surface area contributed by atoms with Crippen LogP contribution in [0.25, 0.3) is 0 Å². The monoisotopic (exact) mass is 463 g/mol. The number of hydrogen-bond donors (Lipinski definition) is 1. The van der Waals surface area contributed by atoms with Crippen molar-refractivity contribution in [1.29, 1.82) is 0 Å². The maximum Gasteiger partial charge on any atom is 0.261 e. The molecule has 3 aromatic carbocycles. The highest BCUT2D eigenvalue weighted by Gasteiger charge is 2.50. The van der Waals surface area contributed by atoms with Gasteiger partial charge in [0.25, 0.3) is 8.32 Å². The molecular weight excluding hydrogens is 430 g/mol. The van der Waals surface area contributed by atoms with Crippen molar-refractivity contribution in [1.82, 2.24) is 5.32 Å². The molecule has 1 saturated heterocycles. The average Bonchev–Trinajstić information content (AvgIpc) is 3.15. The van der Waals surface area contributed by atoms with Crippen molar-refractivity contribution in [3.8, 4) is 0 Å². The Balaban J connectivity index is 1.65. The molecule has 0 saturated carbocycles. The molecular formula is C28H34ClNOSi. The van der Waals surface area contributed by atoms with Gasteiger partial charge in [-0.05, 0) is 39.4 Å². The zero-order valence-electron chi connectivity index (χ0n) is 19.5. The van der Waals surface area contributed by atoms with Crippen molar-refractivity contribution in [2.75, 3.05) is 6.61 Å². The minimum Gasteiger partial charge on any atom is -0.406 e. The lowest BCUT2D eigenvalue weighted by atomic mass is 9.98. The van der Waals surface area contributed by atoms with E-state index in [1.807, 2.05) is 12.1 Å². The van der Waals surface area contributed by atoms with E-state index in [9.17, 15) is 0 Å². The van der Waals surface area contributed by atoms with Gasteiger partial charge in [-0.3, -0.25) is 0 Å². The highest BCUT2D eigenvalue weighted by atomic mass is 35.5. The Bertz CT molecular complexity index is 979. The molecule has 2 nitrogen and oxygen atoms in total. The fourth-order valence-electron chi connectivity index (χ4n) is 5.19. The lowest BCUT2D eigenvalue weighted by Crippen LogP contribution is -2.67. The van der Waals surface area contributed by atoms with Gasteiger partial charge >= 0.3 is 0 Å². The summed E-state index contributed by atoms with van der Waals surface area (Å²) in [6.45, 7) is 10.0. The molecule has 1 N–H and O–H groups in total. The van der Waals surface area contributed by atoms with Crippen molar-refractivity contribution in [3.63, 3.8) is 0 Å². The molecule has 1 fully saturated rings. The van der Waals surface area contributed by atoms with Crippen LogP contribution in [0.4, 0.5) is 0 Å². The number of hydrogen-bond acceptors (Lipinski definition) is 2. The van der Waals surface area contributed by atoms with Crippen molar-refractivity contribution in [3.05, 3.63) is 95.5 Å². The SMILES string of the molecule is C[C@H]1C[C@@H](c2ccccc2Cl)N[C@@H]1CO[Si](c1ccccc1)(c1ccccc1)C(C)(C)C. The normalized spacial score (nSPS) is 21.6. The van der Waals surface area contributed by atoms with Crippen LogP contribution < -0.4 is 15.7 Å². The zero-order chi connectivity index (χ0) is 22.8. The minimum atomic E-state index is -2.52. The standard InChI is InChI=1S/C28H34ClNOSi/c1-21-19-26(24-17-11-12-18-25(24)29)30-27(21)20-31-32(28(2,3)4,22-13-7-5-8-14-22)23-15-9-6-10-16-23/h5-18,21,26-27,30H,19-20H2,1-4H3/t21-,26-,27+/m0/s1. The van der Waals surface area contributed by atoms with E-state index >= 15 is 0 Å². The van der Waals surface area contributed by atoms with Crippen LogP contribution in [0.3, 0.4) is 0 Å². The second kappa shape index (κ2) is 9.52. The molecule has 1 heterocycles. The Morgan fingerprint density at radius 1 is 0.875 bits per heavy atom. The molecule has 3 atom stereocenters. The summed E-state index contributed by atoms with van der Waals surface area (Å²) >= 11 is 6.50. The smallest absolute Gasteiger partial charge is 0.261 e. The van der Waals surface area contributed by atoms with Gasteiger partial charge in [-0.25, -0.2) is 0 Å². The fourth-order valence-corrected chi connectivity index (χ4v) is 10.0. The Kier molecular flexibility index (Phi) is 6.92. The van der Waals surface area contributed by atoms with Crippen molar-refractivity contribution in [2.45, 2.75) is 51.2 Å². The Morgan fingerprint density at radius 3 is 1.94 bits per heavy atom. The largest absolute Gasteiger partial charge is 0.406 e. The number of benzene rings is 3. The van der Waals surface area contributed by atoms with Crippen LogP contribution in [0, 0.1) is 5.92 Å². The number of nitrogens with one attached hydrogen (secondary N) is 1. The molecule has 1 aliphatic heterocycles. The Morgan fingerprint density at radius 2 is 1.41 bits per heavy atom. The van der Waals surface area contributed by atoms with Crippen molar-refractivity contribution < 1.29 is 4.43 Å². The van der Waals surface area contributed by atoms with Gasteiger partial charge in [-0.2, -0.15) is 0 Å². The van der Waals surface area contributed by atoms with Crippen LogP contribution in [0.5, 0.6) is 0 Å². The van der Waals surface area contributed by atoms with Crippen LogP contribution in [-0.2, 0) is 4.43 Å². The topological polar surface area (TPSA) is 21.3 Å². The molecule has 0 aromatic heterocycles.